The van der Waals surface area contributed by atoms with Crippen LogP contribution in [0, 0.1) is 6.20 Å². The van der Waals surface area contributed by atoms with Crippen LogP contribution in [0.5, 0.6) is 0 Å². The topological polar surface area (TPSA) is 85.8 Å². The molecule has 0 unspecified atom stereocenters. The number of primary amides is 1. The second kappa shape index (κ2) is 5.93. The van der Waals surface area contributed by atoms with Crippen molar-refractivity contribution in [3.8, 4) is 11.3 Å². The Morgan fingerprint density at radius 3 is 2.67 bits per heavy atom. The van der Waals surface area contributed by atoms with Gasteiger partial charge in [-0.15, -0.1) is 0 Å². The summed E-state index contributed by atoms with van der Waals surface area (Å²) in [5, 5.41) is 0. The standard InChI is InChI=1S/C17H16N5O2/c18-15(23)13-10-19-17(21-6-8-24-9-7-21)22-11-14(20-16(13)22)12-4-2-1-3-5-12/h1-5,11H,6-9H2,(H2,18,23). The number of carbonyl (C=O) groups excluding carboxylic acids is 1. The molecule has 7 heteroatoms. The first-order chi connectivity index (χ1) is 11.7. The van der Waals surface area contributed by atoms with Gasteiger partial charge < -0.3 is 15.4 Å². The number of rotatable bonds is 3. The molecule has 0 spiro atoms. The molecule has 4 rings (SSSR count). The summed E-state index contributed by atoms with van der Waals surface area (Å²) in [7, 11) is 0. The Balaban J connectivity index is 1.90. The average Bonchev–Trinajstić information content (AvgIpc) is 3.07. The molecule has 1 amide bonds. The molecule has 7 nitrogen and oxygen atoms in total. The monoisotopic (exact) mass is 322 g/mol. The van der Waals surface area contributed by atoms with Crippen LogP contribution in [0.15, 0.2) is 36.5 Å². The van der Waals surface area contributed by atoms with E-state index in [0.717, 1.165) is 24.3 Å². The maximum absolute atomic E-state index is 11.7. The Kier molecular flexibility index (Phi) is 3.62. The van der Waals surface area contributed by atoms with Crippen LogP contribution >= 0.6 is 0 Å². The highest BCUT2D eigenvalue weighted by atomic mass is 16.5. The highest BCUT2D eigenvalue weighted by Crippen LogP contribution is 2.24. The van der Waals surface area contributed by atoms with E-state index >= 15 is 0 Å². The van der Waals surface area contributed by atoms with Crippen LogP contribution in [0.2, 0.25) is 0 Å². The Labute approximate surface area is 138 Å². The van der Waals surface area contributed by atoms with Gasteiger partial charge in [0.15, 0.2) is 5.65 Å². The third kappa shape index (κ3) is 2.48. The van der Waals surface area contributed by atoms with Gasteiger partial charge in [-0.25, -0.2) is 9.97 Å². The van der Waals surface area contributed by atoms with Crippen molar-refractivity contribution in [1.29, 1.82) is 0 Å². The summed E-state index contributed by atoms with van der Waals surface area (Å²) in [4.78, 5) is 22.7. The van der Waals surface area contributed by atoms with E-state index in [1.807, 2.05) is 40.9 Å². The molecule has 121 valence electrons. The van der Waals surface area contributed by atoms with Gasteiger partial charge in [-0.2, -0.15) is 0 Å². The number of nitrogens with two attached hydrogens (primary N) is 1. The number of amides is 1. The number of ether oxygens (including phenoxy) is 1. The second-order valence-corrected chi connectivity index (χ2v) is 5.55. The predicted octanol–water partition coefficient (Wildman–Crippen LogP) is 1.13. The van der Waals surface area contributed by atoms with Crippen LogP contribution in [0.4, 0.5) is 5.95 Å². The quantitative estimate of drug-likeness (QED) is 0.781. The molecular formula is C17H16N5O2. The summed E-state index contributed by atoms with van der Waals surface area (Å²) in [5.74, 6) is 0.0965. The number of anilines is 1. The van der Waals surface area contributed by atoms with Gasteiger partial charge in [0.25, 0.3) is 5.91 Å². The van der Waals surface area contributed by atoms with Crippen molar-refractivity contribution in [1.82, 2.24) is 14.4 Å². The number of carbonyl (C=O) groups is 1. The number of morpholine rings is 1. The number of aromatic nitrogens is 3. The van der Waals surface area contributed by atoms with E-state index in [1.54, 1.807) is 0 Å². The molecule has 3 heterocycles. The van der Waals surface area contributed by atoms with Crippen LogP contribution in [-0.4, -0.2) is 46.6 Å². The summed E-state index contributed by atoms with van der Waals surface area (Å²) >= 11 is 0. The molecule has 0 bridgehead atoms. The minimum absolute atomic E-state index is 0.189. The molecule has 0 saturated carbocycles. The van der Waals surface area contributed by atoms with E-state index in [4.69, 9.17) is 10.5 Å². The molecule has 2 N–H and O–H groups in total. The molecule has 1 fully saturated rings. The van der Waals surface area contributed by atoms with Crippen LogP contribution in [0.25, 0.3) is 16.9 Å². The zero-order valence-corrected chi connectivity index (χ0v) is 13.0. The van der Waals surface area contributed by atoms with Crippen molar-refractivity contribution in [3.05, 3.63) is 48.3 Å². The fourth-order valence-corrected chi connectivity index (χ4v) is 2.82. The number of hydrogen-bond donors (Lipinski definition) is 1. The average molecular weight is 322 g/mol. The molecule has 1 saturated heterocycles. The summed E-state index contributed by atoms with van der Waals surface area (Å²) in [6.07, 6.45) is 4.63. The number of benzene rings is 1. The summed E-state index contributed by atoms with van der Waals surface area (Å²) in [6, 6.07) is 9.78. The largest absolute Gasteiger partial charge is 0.378 e. The number of imidazole rings is 1. The molecule has 1 aliphatic rings. The Bertz CT molecular complexity index is 885. The lowest BCUT2D eigenvalue weighted by atomic mass is 10.2. The van der Waals surface area contributed by atoms with Gasteiger partial charge in [0.1, 0.15) is 11.8 Å². The molecule has 1 aliphatic heterocycles. The smallest absolute Gasteiger partial charge is 0.254 e. The first-order valence-electron chi connectivity index (χ1n) is 7.73. The Morgan fingerprint density at radius 2 is 1.96 bits per heavy atom. The lowest BCUT2D eigenvalue weighted by Gasteiger charge is -2.28. The zero-order chi connectivity index (χ0) is 16.5. The minimum atomic E-state index is -0.591. The number of fused-ring (bicyclic) bond motifs is 1. The molecule has 0 aliphatic carbocycles. The summed E-state index contributed by atoms with van der Waals surface area (Å²) in [6.45, 7) is 2.73. The lowest BCUT2D eigenvalue weighted by molar-refractivity contribution is 0.100. The van der Waals surface area contributed by atoms with Crippen LogP contribution in [0.1, 0.15) is 10.4 Å². The van der Waals surface area contributed by atoms with Crippen molar-refractivity contribution in [2.24, 2.45) is 5.73 Å². The third-order valence-corrected chi connectivity index (χ3v) is 4.02. The molecule has 24 heavy (non-hydrogen) atoms. The molecule has 1 aromatic carbocycles. The maximum atomic E-state index is 11.7. The fraction of sp³-hybridized carbons (Fsp3) is 0.235. The fourth-order valence-electron chi connectivity index (χ4n) is 2.82. The van der Waals surface area contributed by atoms with Gasteiger partial charge >= 0.3 is 0 Å². The highest BCUT2D eigenvalue weighted by Gasteiger charge is 2.20. The van der Waals surface area contributed by atoms with E-state index in [2.05, 4.69) is 21.1 Å². The first kappa shape index (κ1) is 14.6. The number of nitrogens with zero attached hydrogens (tertiary/aromatic N) is 4. The van der Waals surface area contributed by atoms with Crippen molar-refractivity contribution in [2.75, 3.05) is 31.2 Å². The molecule has 0 atom stereocenters. The van der Waals surface area contributed by atoms with E-state index in [1.165, 1.54) is 0 Å². The van der Waals surface area contributed by atoms with E-state index in [-0.39, 0.29) is 5.56 Å². The second-order valence-electron chi connectivity index (χ2n) is 5.55. The third-order valence-electron chi connectivity index (χ3n) is 4.02. The Hall–Kier alpha value is -2.93. The van der Waals surface area contributed by atoms with Crippen molar-refractivity contribution >= 4 is 17.5 Å². The molecular weight excluding hydrogens is 306 g/mol. The minimum Gasteiger partial charge on any atom is -0.378 e. The molecule has 2 aromatic heterocycles. The van der Waals surface area contributed by atoms with Gasteiger partial charge in [0.05, 0.1) is 18.9 Å². The van der Waals surface area contributed by atoms with Crippen LogP contribution in [0.3, 0.4) is 0 Å². The summed E-state index contributed by atoms with van der Waals surface area (Å²) in [5.41, 5.74) is 7.84. The van der Waals surface area contributed by atoms with Gasteiger partial charge in [-0.3, -0.25) is 9.20 Å². The predicted molar refractivity (Wildman–Crippen MR) is 88.8 cm³/mol. The van der Waals surface area contributed by atoms with Crippen molar-refractivity contribution in [3.63, 3.8) is 0 Å². The highest BCUT2D eigenvalue weighted by molar-refractivity contribution is 5.98. The van der Waals surface area contributed by atoms with Gasteiger partial charge in [0, 0.05) is 24.8 Å². The van der Waals surface area contributed by atoms with Crippen LogP contribution in [-0.2, 0) is 4.74 Å². The zero-order valence-electron chi connectivity index (χ0n) is 13.0. The van der Waals surface area contributed by atoms with E-state index < -0.39 is 5.91 Å². The normalized spacial score (nSPS) is 14.9. The van der Waals surface area contributed by atoms with Gasteiger partial charge in [0.2, 0.25) is 5.95 Å². The number of hydrogen-bond acceptors (Lipinski definition) is 5. The lowest BCUT2D eigenvalue weighted by Crippen LogP contribution is -2.38. The van der Waals surface area contributed by atoms with Gasteiger partial charge in [-0.1, -0.05) is 30.3 Å². The Morgan fingerprint density at radius 1 is 1.21 bits per heavy atom. The SMILES string of the molecule is NC(=O)c1[c]nc(N2CCOCC2)n2cc(-c3ccccc3)nc12. The molecule has 1 radical (unpaired) electrons. The van der Waals surface area contributed by atoms with Crippen molar-refractivity contribution < 1.29 is 9.53 Å². The van der Waals surface area contributed by atoms with Crippen molar-refractivity contribution in [2.45, 2.75) is 0 Å². The first-order valence-corrected chi connectivity index (χ1v) is 7.73. The summed E-state index contributed by atoms with van der Waals surface area (Å²) < 4.78 is 7.20. The molecule has 3 aromatic rings. The van der Waals surface area contributed by atoms with E-state index in [0.29, 0.717) is 24.8 Å². The maximum Gasteiger partial charge on any atom is 0.254 e. The van der Waals surface area contributed by atoms with Gasteiger partial charge in [-0.05, 0) is 0 Å². The van der Waals surface area contributed by atoms with E-state index in [9.17, 15) is 4.79 Å². The van der Waals surface area contributed by atoms with Crippen LogP contribution < -0.4 is 10.6 Å².